The van der Waals surface area contributed by atoms with Gasteiger partial charge in [0.05, 0.1) is 23.0 Å². The highest BCUT2D eigenvalue weighted by Gasteiger charge is 2.43. The van der Waals surface area contributed by atoms with E-state index in [1.54, 1.807) is 0 Å². The number of likely N-dealkylation sites (tertiary alicyclic amines) is 2. The third-order valence-corrected chi connectivity index (χ3v) is 6.94. The van der Waals surface area contributed by atoms with Gasteiger partial charge in [0.2, 0.25) is 0 Å². The van der Waals surface area contributed by atoms with Crippen molar-refractivity contribution in [2.45, 2.75) is 39.3 Å². The van der Waals surface area contributed by atoms with Gasteiger partial charge in [-0.3, -0.25) is 9.69 Å². The molecule has 8 nitrogen and oxygen atoms in total. The second-order valence-electron chi connectivity index (χ2n) is 9.10. The van der Waals surface area contributed by atoms with Crippen molar-refractivity contribution < 1.29 is 14.7 Å². The highest BCUT2D eigenvalue weighted by molar-refractivity contribution is 5.96. The molecule has 8 heteroatoms. The molecule has 2 fully saturated rings. The molecule has 4 atom stereocenters. The van der Waals surface area contributed by atoms with Gasteiger partial charge in [-0.1, -0.05) is 30.3 Å². The molecule has 0 spiro atoms. The monoisotopic (exact) mass is 437 g/mol. The van der Waals surface area contributed by atoms with E-state index in [4.69, 9.17) is 0 Å². The van der Waals surface area contributed by atoms with E-state index in [2.05, 4.69) is 27.1 Å². The Balaban J connectivity index is 1.37. The number of carbonyl (C=O) groups is 2. The van der Waals surface area contributed by atoms with Crippen LogP contribution < -0.4 is 5.32 Å². The molecule has 3 unspecified atom stereocenters. The summed E-state index contributed by atoms with van der Waals surface area (Å²) in [5.74, 6) is 0.910. The summed E-state index contributed by atoms with van der Waals surface area (Å²) in [5, 5.41) is 12.0. The lowest BCUT2D eigenvalue weighted by molar-refractivity contribution is 0.0767. The van der Waals surface area contributed by atoms with Crippen LogP contribution in [0.5, 0.6) is 0 Å². The van der Waals surface area contributed by atoms with Crippen molar-refractivity contribution >= 4 is 12.0 Å². The zero-order valence-electron chi connectivity index (χ0n) is 18.9. The van der Waals surface area contributed by atoms with Gasteiger partial charge in [-0.15, -0.1) is 0 Å². The van der Waals surface area contributed by atoms with Crippen LogP contribution in [0.2, 0.25) is 0 Å². The fraction of sp³-hybridized carbons (Fsp3) is 0.500. The quantitative estimate of drug-likeness (QED) is 0.721. The second kappa shape index (κ2) is 9.24. The number of aromatic nitrogens is 2. The van der Waals surface area contributed by atoms with Crippen molar-refractivity contribution in [2.24, 2.45) is 11.8 Å². The standard InChI is InChI=1S/C24H31N5O3/c1-15(9-21(27-24(31)32)18-7-5-4-6-8-18)28-10-19-12-29(13-20(19)11-28)23(30)22-16(2)25-14-26-17(22)3/h4-8,14-15,19-21,27H,9-13H2,1-3H3,(H,31,32)/t15-,19?,20?,21?/m0/s1. The van der Waals surface area contributed by atoms with E-state index in [-0.39, 0.29) is 18.0 Å². The first-order valence-corrected chi connectivity index (χ1v) is 11.2. The van der Waals surface area contributed by atoms with Crippen LogP contribution >= 0.6 is 0 Å². The lowest BCUT2D eigenvalue weighted by Crippen LogP contribution is -2.39. The van der Waals surface area contributed by atoms with Crippen LogP contribution in [-0.2, 0) is 0 Å². The first kappa shape index (κ1) is 22.2. The molecule has 2 saturated heterocycles. The molecule has 1 aromatic heterocycles. The van der Waals surface area contributed by atoms with Crippen molar-refractivity contribution in [2.75, 3.05) is 26.2 Å². The van der Waals surface area contributed by atoms with Gasteiger partial charge < -0.3 is 15.3 Å². The molecule has 2 aromatic rings. The van der Waals surface area contributed by atoms with Gasteiger partial charge in [-0.05, 0) is 44.6 Å². The Hall–Kier alpha value is -3.00. The van der Waals surface area contributed by atoms with Gasteiger partial charge >= 0.3 is 6.09 Å². The summed E-state index contributed by atoms with van der Waals surface area (Å²) < 4.78 is 0. The van der Waals surface area contributed by atoms with E-state index in [1.165, 1.54) is 6.33 Å². The Morgan fingerprint density at radius 1 is 1.06 bits per heavy atom. The second-order valence-corrected chi connectivity index (χ2v) is 9.10. The first-order valence-electron chi connectivity index (χ1n) is 11.2. The van der Waals surface area contributed by atoms with Crippen LogP contribution in [0.25, 0.3) is 0 Å². The minimum absolute atomic E-state index is 0.0319. The lowest BCUT2D eigenvalue weighted by atomic mass is 9.99. The van der Waals surface area contributed by atoms with Gasteiger partial charge in [-0.25, -0.2) is 14.8 Å². The number of fused-ring (bicyclic) bond motifs is 1. The van der Waals surface area contributed by atoms with E-state index in [1.807, 2.05) is 49.1 Å². The minimum Gasteiger partial charge on any atom is -0.465 e. The van der Waals surface area contributed by atoms with Crippen molar-refractivity contribution in [3.8, 4) is 0 Å². The molecule has 2 N–H and O–H groups in total. The molecule has 170 valence electrons. The van der Waals surface area contributed by atoms with Crippen LogP contribution in [-0.4, -0.2) is 69.1 Å². The Labute approximate surface area is 188 Å². The normalized spacial score (nSPS) is 22.4. The topological polar surface area (TPSA) is 98.7 Å². The van der Waals surface area contributed by atoms with Gasteiger partial charge in [0.15, 0.2) is 0 Å². The smallest absolute Gasteiger partial charge is 0.405 e. The first-order chi connectivity index (χ1) is 15.3. The summed E-state index contributed by atoms with van der Waals surface area (Å²) in [6, 6.07) is 9.72. The van der Waals surface area contributed by atoms with Crippen LogP contribution in [0.3, 0.4) is 0 Å². The predicted molar refractivity (Wildman–Crippen MR) is 120 cm³/mol. The maximum atomic E-state index is 13.1. The van der Waals surface area contributed by atoms with Gasteiger partial charge in [0.25, 0.3) is 5.91 Å². The van der Waals surface area contributed by atoms with E-state index < -0.39 is 6.09 Å². The minimum atomic E-state index is -1.01. The Morgan fingerprint density at radius 3 is 2.22 bits per heavy atom. The van der Waals surface area contributed by atoms with Crippen molar-refractivity contribution in [1.29, 1.82) is 0 Å². The van der Waals surface area contributed by atoms with Gasteiger partial charge in [0, 0.05) is 32.2 Å². The number of carboxylic acid groups (broad SMARTS) is 1. The number of carbonyl (C=O) groups excluding carboxylic acids is 1. The number of aryl methyl sites for hydroxylation is 2. The zero-order valence-corrected chi connectivity index (χ0v) is 18.9. The summed E-state index contributed by atoms with van der Waals surface area (Å²) in [6.07, 6.45) is 1.20. The number of amides is 2. The van der Waals surface area contributed by atoms with Crippen molar-refractivity contribution in [1.82, 2.24) is 25.1 Å². The maximum absolute atomic E-state index is 13.1. The van der Waals surface area contributed by atoms with E-state index in [9.17, 15) is 14.7 Å². The molecule has 2 aliphatic heterocycles. The maximum Gasteiger partial charge on any atom is 0.405 e. The van der Waals surface area contributed by atoms with Crippen molar-refractivity contribution in [3.63, 3.8) is 0 Å². The predicted octanol–water partition coefficient (Wildman–Crippen LogP) is 2.88. The Bertz CT molecular complexity index is 949. The highest BCUT2D eigenvalue weighted by atomic mass is 16.4. The number of benzene rings is 1. The molecule has 4 rings (SSSR count). The van der Waals surface area contributed by atoms with E-state index in [0.717, 1.165) is 43.1 Å². The molecule has 0 radical (unpaired) electrons. The van der Waals surface area contributed by atoms with Crippen LogP contribution in [0, 0.1) is 25.7 Å². The molecule has 32 heavy (non-hydrogen) atoms. The summed E-state index contributed by atoms with van der Waals surface area (Å²) >= 11 is 0. The SMILES string of the molecule is Cc1ncnc(C)c1C(=O)N1CC2CN([C@@H](C)CC(NC(=O)O)c3ccccc3)CC2C1. The number of nitrogens with one attached hydrogen (secondary N) is 1. The van der Waals surface area contributed by atoms with Crippen LogP contribution in [0.1, 0.15) is 46.7 Å². The van der Waals surface area contributed by atoms with Crippen molar-refractivity contribution in [3.05, 3.63) is 59.2 Å². The summed E-state index contributed by atoms with van der Waals surface area (Å²) in [4.78, 5) is 37.2. The molecule has 0 bridgehead atoms. The summed E-state index contributed by atoms with van der Waals surface area (Å²) in [7, 11) is 0. The third-order valence-electron chi connectivity index (χ3n) is 6.94. The summed E-state index contributed by atoms with van der Waals surface area (Å²) in [5.41, 5.74) is 3.07. The fourth-order valence-electron chi connectivity index (χ4n) is 5.22. The fourth-order valence-corrected chi connectivity index (χ4v) is 5.22. The summed E-state index contributed by atoms with van der Waals surface area (Å²) in [6.45, 7) is 9.22. The molecular formula is C24H31N5O3. The largest absolute Gasteiger partial charge is 0.465 e. The van der Waals surface area contributed by atoms with Gasteiger partial charge in [-0.2, -0.15) is 0 Å². The van der Waals surface area contributed by atoms with Crippen LogP contribution in [0.4, 0.5) is 4.79 Å². The van der Waals surface area contributed by atoms with Gasteiger partial charge in [0.1, 0.15) is 6.33 Å². The highest BCUT2D eigenvalue weighted by Crippen LogP contribution is 2.34. The number of hydrogen-bond donors (Lipinski definition) is 2. The molecule has 2 amide bonds. The lowest BCUT2D eigenvalue weighted by Gasteiger charge is -2.30. The number of hydrogen-bond acceptors (Lipinski definition) is 5. The molecule has 1 aromatic carbocycles. The Kier molecular flexibility index (Phi) is 6.41. The molecule has 0 saturated carbocycles. The molecule has 3 heterocycles. The van der Waals surface area contributed by atoms with Crippen LogP contribution in [0.15, 0.2) is 36.7 Å². The average molecular weight is 438 g/mol. The average Bonchev–Trinajstić information content (AvgIpc) is 3.33. The number of rotatable bonds is 6. The third kappa shape index (κ3) is 4.60. The van der Waals surface area contributed by atoms with E-state index >= 15 is 0 Å². The Morgan fingerprint density at radius 2 is 1.66 bits per heavy atom. The zero-order chi connectivity index (χ0) is 22.8. The number of nitrogens with zero attached hydrogens (tertiary/aromatic N) is 4. The molecular weight excluding hydrogens is 406 g/mol. The van der Waals surface area contributed by atoms with E-state index in [0.29, 0.717) is 23.8 Å². The molecule has 0 aliphatic carbocycles. The molecule has 2 aliphatic rings.